The van der Waals surface area contributed by atoms with Gasteiger partial charge in [0.2, 0.25) is 0 Å². The summed E-state index contributed by atoms with van der Waals surface area (Å²) in [4.78, 5) is 22.2. The Hall–Kier alpha value is -3.68. The van der Waals surface area contributed by atoms with Gasteiger partial charge < -0.3 is 4.57 Å². The Labute approximate surface area is 191 Å². The predicted molar refractivity (Wildman–Crippen MR) is 122 cm³/mol. The summed E-state index contributed by atoms with van der Waals surface area (Å²) in [6.07, 6.45) is 7.62. The number of aromatic nitrogens is 6. The minimum atomic E-state index is -0.527. The third-order valence-electron chi connectivity index (χ3n) is 5.93. The van der Waals surface area contributed by atoms with Crippen molar-refractivity contribution in [2.75, 3.05) is 0 Å². The van der Waals surface area contributed by atoms with Crippen LogP contribution < -0.4 is 0 Å². The number of nitrogens with zero attached hydrogens (tertiary/aromatic N) is 6. The fourth-order valence-corrected chi connectivity index (χ4v) is 3.99. The van der Waals surface area contributed by atoms with E-state index in [0.29, 0.717) is 17.4 Å². The lowest BCUT2D eigenvalue weighted by Gasteiger charge is -2.12. The van der Waals surface area contributed by atoms with E-state index in [1.807, 2.05) is 43.7 Å². The smallest absolute Gasteiger partial charge is 0.171 e. The van der Waals surface area contributed by atoms with Crippen LogP contribution in [0.2, 0.25) is 0 Å². The Morgan fingerprint density at radius 1 is 1.21 bits per heavy atom. The molecule has 4 aromatic rings. The van der Waals surface area contributed by atoms with Gasteiger partial charge >= 0.3 is 0 Å². The molecule has 7 nitrogen and oxygen atoms in total. The molecule has 1 aromatic carbocycles. The first-order valence-corrected chi connectivity index (χ1v) is 11.1. The fraction of sp³-hybridized carbons (Fsp3) is 0.320. The first kappa shape index (κ1) is 21.2. The Morgan fingerprint density at radius 2 is 2.03 bits per heavy atom. The van der Waals surface area contributed by atoms with Crippen LogP contribution in [0.5, 0.6) is 0 Å². The molecule has 5 rings (SSSR count). The number of Topliss-reactive ketones (excluding diaryl/α,β-unsaturated/α-hetero) is 1. The number of aryl methyl sites for hydroxylation is 1. The van der Waals surface area contributed by atoms with E-state index in [1.54, 1.807) is 29.4 Å². The molecule has 0 amide bonds. The second-order valence-electron chi connectivity index (χ2n) is 8.90. The monoisotopic (exact) mass is 444 g/mol. The lowest BCUT2D eigenvalue weighted by molar-refractivity contribution is 0.0988. The van der Waals surface area contributed by atoms with Crippen molar-refractivity contribution in [1.82, 2.24) is 29.3 Å². The molecule has 0 radical (unpaired) electrons. The first-order chi connectivity index (χ1) is 15.9. The number of hydrogen-bond acceptors (Lipinski definition) is 5. The van der Waals surface area contributed by atoms with E-state index in [1.165, 1.54) is 6.07 Å². The van der Waals surface area contributed by atoms with Gasteiger partial charge in [0, 0.05) is 18.0 Å². The molecule has 0 bridgehead atoms. The molecule has 1 aliphatic rings. The number of halogens is 1. The number of hydrogen-bond donors (Lipinski definition) is 0. The number of rotatable bonds is 7. The van der Waals surface area contributed by atoms with Gasteiger partial charge in [-0.2, -0.15) is 0 Å². The van der Waals surface area contributed by atoms with E-state index in [2.05, 4.69) is 20.2 Å². The second-order valence-corrected chi connectivity index (χ2v) is 8.90. The number of ketones is 1. The summed E-state index contributed by atoms with van der Waals surface area (Å²) >= 11 is 0. The minimum Gasteiger partial charge on any atom is -0.306 e. The molecule has 0 saturated heterocycles. The van der Waals surface area contributed by atoms with E-state index >= 15 is 0 Å². The highest BCUT2D eigenvalue weighted by atomic mass is 19.1. The largest absolute Gasteiger partial charge is 0.306 e. The van der Waals surface area contributed by atoms with Gasteiger partial charge in [-0.05, 0) is 49.6 Å². The highest BCUT2D eigenvalue weighted by molar-refractivity contribution is 5.98. The van der Waals surface area contributed by atoms with Crippen LogP contribution in [0.15, 0.2) is 49.2 Å². The van der Waals surface area contributed by atoms with Crippen molar-refractivity contribution in [3.05, 3.63) is 83.3 Å². The maximum atomic E-state index is 14.8. The summed E-state index contributed by atoms with van der Waals surface area (Å²) in [6.45, 7) is 5.89. The SMILES string of the molecule is Cc1cc(F)c(C(=O)Cc2cccc(-n3cnnc3C(C)C)n2)cc1-n1cnc(C2CC2)c1. The molecule has 0 atom stereocenters. The van der Waals surface area contributed by atoms with E-state index in [4.69, 9.17) is 0 Å². The summed E-state index contributed by atoms with van der Waals surface area (Å²) in [5.74, 6) is 1.25. The van der Waals surface area contributed by atoms with E-state index < -0.39 is 5.82 Å². The number of pyridine rings is 1. The number of benzene rings is 1. The van der Waals surface area contributed by atoms with Gasteiger partial charge in [0.1, 0.15) is 23.8 Å². The molecule has 8 heteroatoms. The Balaban J connectivity index is 1.42. The number of carbonyl (C=O) groups is 1. The van der Waals surface area contributed by atoms with Gasteiger partial charge in [-0.25, -0.2) is 14.4 Å². The van der Waals surface area contributed by atoms with Crippen molar-refractivity contribution in [2.45, 2.75) is 51.9 Å². The molecule has 1 saturated carbocycles. The van der Waals surface area contributed by atoms with Crippen LogP contribution in [0, 0.1) is 12.7 Å². The summed E-state index contributed by atoms with van der Waals surface area (Å²) in [6, 6.07) is 8.47. The summed E-state index contributed by atoms with van der Waals surface area (Å²) < 4.78 is 18.5. The van der Waals surface area contributed by atoms with Crippen LogP contribution in [0.1, 0.15) is 71.7 Å². The molecular formula is C25H25FN6O. The molecule has 0 aliphatic heterocycles. The lowest BCUT2D eigenvalue weighted by atomic mass is 10.0. The van der Waals surface area contributed by atoms with Crippen LogP contribution in [-0.2, 0) is 6.42 Å². The topological polar surface area (TPSA) is 78.5 Å². The fourth-order valence-electron chi connectivity index (χ4n) is 3.99. The van der Waals surface area contributed by atoms with Crippen molar-refractivity contribution in [3.8, 4) is 11.5 Å². The molecule has 168 valence electrons. The highest BCUT2D eigenvalue weighted by Gasteiger charge is 2.26. The first-order valence-electron chi connectivity index (χ1n) is 11.1. The molecular weight excluding hydrogens is 419 g/mol. The van der Waals surface area contributed by atoms with Gasteiger partial charge in [0.05, 0.1) is 35.4 Å². The molecule has 1 aliphatic carbocycles. The molecule has 33 heavy (non-hydrogen) atoms. The van der Waals surface area contributed by atoms with Gasteiger partial charge in [0.25, 0.3) is 0 Å². The van der Waals surface area contributed by atoms with Crippen molar-refractivity contribution < 1.29 is 9.18 Å². The molecule has 3 heterocycles. The zero-order valence-electron chi connectivity index (χ0n) is 18.9. The zero-order valence-corrected chi connectivity index (χ0v) is 18.9. The normalized spacial score (nSPS) is 13.6. The van der Waals surface area contributed by atoms with Gasteiger partial charge in [-0.3, -0.25) is 9.36 Å². The van der Waals surface area contributed by atoms with E-state index in [0.717, 1.165) is 35.6 Å². The molecule has 0 unspecified atom stereocenters. The number of imidazole rings is 1. The summed E-state index contributed by atoms with van der Waals surface area (Å²) in [7, 11) is 0. The van der Waals surface area contributed by atoms with Gasteiger partial charge in [0.15, 0.2) is 5.78 Å². The average molecular weight is 445 g/mol. The minimum absolute atomic E-state index is 0.0103. The van der Waals surface area contributed by atoms with Crippen molar-refractivity contribution in [2.24, 2.45) is 0 Å². The Bertz CT molecular complexity index is 1330. The van der Waals surface area contributed by atoms with Crippen molar-refractivity contribution >= 4 is 5.78 Å². The second kappa shape index (κ2) is 8.35. The lowest BCUT2D eigenvalue weighted by Crippen LogP contribution is -2.11. The summed E-state index contributed by atoms with van der Waals surface area (Å²) in [5.41, 5.74) is 3.16. The van der Waals surface area contributed by atoms with Gasteiger partial charge in [-0.1, -0.05) is 19.9 Å². The summed E-state index contributed by atoms with van der Waals surface area (Å²) in [5, 5.41) is 8.14. The molecule has 0 spiro atoms. The number of carbonyl (C=O) groups excluding carboxylic acids is 1. The van der Waals surface area contributed by atoms with Crippen LogP contribution in [0.25, 0.3) is 11.5 Å². The third kappa shape index (κ3) is 4.20. The maximum absolute atomic E-state index is 14.8. The Morgan fingerprint density at radius 3 is 2.79 bits per heavy atom. The van der Waals surface area contributed by atoms with Crippen LogP contribution in [-0.4, -0.2) is 35.1 Å². The Kier molecular flexibility index (Phi) is 5.36. The predicted octanol–water partition coefficient (Wildman–Crippen LogP) is 4.72. The van der Waals surface area contributed by atoms with E-state index in [9.17, 15) is 9.18 Å². The van der Waals surface area contributed by atoms with Crippen molar-refractivity contribution in [3.63, 3.8) is 0 Å². The molecule has 3 aromatic heterocycles. The highest BCUT2D eigenvalue weighted by Crippen LogP contribution is 2.39. The van der Waals surface area contributed by atoms with Crippen LogP contribution in [0.3, 0.4) is 0 Å². The molecule has 0 N–H and O–H groups in total. The maximum Gasteiger partial charge on any atom is 0.171 e. The van der Waals surface area contributed by atoms with Crippen molar-refractivity contribution in [1.29, 1.82) is 0 Å². The standard InChI is InChI=1S/C25H25FN6O/c1-15(2)25-30-28-14-32(25)24-6-4-5-18(29-24)10-23(33)19-11-22(16(3)9-20(19)26)31-12-21(27-13-31)17-7-8-17/h4-6,9,11-15,17H,7-8,10H2,1-3H3. The average Bonchev–Trinajstić information content (AvgIpc) is 3.31. The van der Waals surface area contributed by atoms with E-state index in [-0.39, 0.29) is 23.7 Å². The van der Waals surface area contributed by atoms with Gasteiger partial charge in [-0.15, -0.1) is 10.2 Å². The molecule has 1 fully saturated rings. The van der Waals surface area contributed by atoms with Crippen LogP contribution >= 0.6 is 0 Å². The quantitative estimate of drug-likeness (QED) is 0.385. The van der Waals surface area contributed by atoms with Crippen LogP contribution in [0.4, 0.5) is 4.39 Å². The third-order valence-corrected chi connectivity index (χ3v) is 5.93. The zero-order chi connectivity index (χ0) is 23.1.